The largest absolute Gasteiger partial charge is 0.468 e. The molecule has 2 N–H and O–H groups in total. The number of hydrogen-bond donors (Lipinski definition) is 2. The number of carbonyl (C=O) groups excluding carboxylic acids is 1. The van der Waals surface area contributed by atoms with Crippen molar-refractivity contribution < 1.29 is 22.0 Å². The van der Waals surface area contributed by atoms with Gasteiger partial charge >= 0.3 is 0 Å². The summed E-state index contributed by atoms with van der Waals surface area (Å²) >= 11 is 0. The van der Waals surface area contributed by atoms with Crippen molar-refractivity contribution in [1.29, 1.82) is 0 Å². The summed E-state index contributed by atoms with van der Waals surface area (Å²) in [5.41, 5.74) is 0.706. The lowest BCUT2D eigenvalue weighted by Gasteiger charge is -2.08. The molecule has 1 aromatic heterocycles. The summed E-state index contributed by atoms with van der Waals surface area (Å²) in [5, 5.41) is 2.61. The third-order valence-corrected chi connectivity index (χ3v) is 5.19. The van der Waals surface area contributed by atoms with Crippen LogP contribution < -0.4 is 10.0 Å². The topological polar surface area (TPSA) is 88.4 Å². The van der Waals surface area contributed by atoms with E-state index in [2.05, 4.69) is 10.0 Å². The van der Waals surface area contributed by atoms with Gasteiger partial charge in [0.1, 0.15) is 11.6 Å². The van der Waals surface area contributed by atoms with Gasteiger partial charge in [0, 0.05) is 5.69 Å². The van der Waals surface area contributed by atoms with Crippen LogP contribution >= 0.6 is 0 Å². The van der Waals surface area contributed by atoms with Crippen LogP contribution in [0.5, 0.6) is 0 Å². The molecule has 1 amide bonds. The van der Waals surface area contributed by atoms with E-state index < -0.39 is 21.7 Å². The Morgan fingerprint density at radius 3 is 2.41 bits per heavy atom. The number of anilines is 1. The maximum Gasteiger partial charge on any atom is 0.240 e. The highest BCUT2D eigenvalue weighted by molar-refractivity contribution is 7.89. The Hall–Kier alpha value is -2.97. The quantitative estimate of drug-likeness (QED) is 0.651. The fourth-order valence-electron chi connectivity index (χ4n) is 2.40. The van der Waals surface area contributed by atoms with Gasteiger partial charge in [-0.2, -0.15) is 0 Å². The standard InChI is InChI=1S/C19H17FN2O4S/c20-18-6-2-1-4-14(18)12-19(23)22-15-7-9-17(10-8-15)27(24,25)21-13-16-5-3-11-26-16/h1-11,21H,12-13H2,(H,22,23). The second-order valence-electron chi connectivity index (χ2n) is 5.74. The molecule has 3 aromatic rings. The second-order valence-corrected chi connectivity index (χ2v) is 7.51. The summed E-state index contributed by atoms with van der Waals surface area (Å²) in [4.78, 5) is 12.1. The summed E-state index contributed by atoms with van der Waals surface area (Å²) in [5.74, 6) is -0.348. The van der Waals surface area contributed by atoms with Gasteiger partial charge < -0.3 is 9.73 Å². The van der Waals surface area contributed by atoms with Gasteiger partial charge in [0.2, 0.25) is 15.9 Å². The van der Waals surface area contributed by atoms with Gasteiger partial charge in [-0.1, -0.05) is 18.2 Å². The molecule has 6 nitrogen and oxygen atoms in total. The van der Waals surface area contributed by atoms with E-state index in [4.69, 9.17) is 4.42 Å². The van der Waals surface area contributed by atoms with E-state index in [0.29, 0.717) is 11.4 Å². The average molecular weight is 388 g/mol. The van der Waals surface area contributed by atoms with Gasteiger partial charge in [-0.15, -0.1) is 0 Å². The summed E-state index contributed by atoms with van der Waals surface area (Å²) in [6, 6.07) is 15.1. The maximum absolute atomic E-state index is 13.6. The monoisotopic (exact) mass is 388 g/mol. The minimum atomic E-state index is -3.71. The van der Waals surface area contributed by atoms with Crippen molar-refractivity contribution in [3.63, 3.8) is 0 Å². The molecule has 140 valence electrons. The summed E-state index contributed by atoms with van der Waals surface area (Å²) in [6.07, 6.45) is 1.35. The van der Waals surface area contributed by atoms with Crippen molar-refractivity contribution in [1.82, 2.24) is 4.72 Å². The zero-order valence-electron chi connectivity index (χ0n) is 14.2. The number of carbonyl (C=O) groups is 1. The molecule has 27 heavy (non-hydrogen) atoms. The highest BCUT2D eigenvalue weighted by atomic mass is 32.2. The molecule has 0 radical (unpaired) electrons. The van der Waals surface area contributed by atoms with Gasteiger partial charge in [0.25, 0.3) is 0 Å². The van der Waals surface area contributed by atoms with E-state index in [-0.39, 0.29) is 23.4 Å². The van der Waals surface area contributed by atoms with E-state index in [0.717, 1.165) is 0 Å². The molecule has 0 unspecified atom stereocenters. The molecule has 0 aliphatic rings. The van der Waals surface area contributed by atoms with Gasteiger partial charge in [0.15, 0.2) is 0 Å². The molecule has 1 heterocycles. The van der Waals surface area contributed by atoms with E-state index >= 15 is 0 Å². The minimum absolute atomic E-state index is 0.0382. The summed E-state index contributed by atoms with van der Waals surface area (Å²) in [7, 11) is -3.71. The molecule has 0 atom stereocenters. The lowest BCUT2D eigenvalue weighted by atomic mass is 10.1. The number of halogens is 1. The third kappa shape index (κ3) is 5.02. The second kappa shape index (κ2) is 8.15. The van der Waals surface area contributed by atoms with Crippen LogP contribution in [-0.4, -0.2) is 14.3 Å². The van der Waals surface area contributed by atoms with E-state index in [1.54, 1.807) is 24.3 Å². The van der Waals surface area contributed by atoms with Crippen molar-refractivity contribution in [2.75, 3.05) is 5.32 Å². The van der Waals surface area contributed by atoms with Gasteiger partial charge in [0.05, 0.1) is 24.1 Å². The molecule has 0 spiro atoms. The van der Waals surface area contributed by atoms with Crippen LogP contribution in [0.3, 0.4) is 0 Å². The van der Waals surface area contributed by atoms with Crippen LogP contribution in [0.2, 0.25) is 0 Å². The number of amides is 1. The van der Waals surface area contributed by atoms with Crippen LogP contribution in [0, 0.1) is 5.82 Å². The molecular weight excluding hydrogens is 371 g/mol. The average Bonchev–Trinajstić information content (AvgIpc) is 3.16. The molecule has 0 bridgehead atoms. The third-order valence-electron chi connectivity index (χ3n) is 3.77. The smallest absolute Gasteiger partial charge is 0.240 e. The van der Waals surface area contributed by atoms with Crippen LogP contribution in [0.4, 0.5) is 10.1 Å². The Bertz CT molecular complexity index is 1020. The van der Waals surface area contributed by atoms with E-state index in [9.17, 15) is 17.6 Å². The Balaban J connectivity index is 1.61. The number of benzene rings is 2. The SMILES string of the molecule is O=C(Cc1ccccc1F)Nc1ccc(S(=O)(=O)NCc2ccco2)cc1. The van der Waals surface area contributed by atoms with Gasteiger partial charge in [-0.05, 0) is 48.0 Å². The number of sulfonamides is 1. The molecule has 0 fully saturated rings. The first kappa shape index (κ1) is 18.8. The lowest BCUT2D eigenvalue weighted by molar-refractivity contribution is -0.115. The van der Waals surface area contributed by atoms with Crippen molar-refractivity contribution in [2.24, 2.45) is 0 Å². The van der Waals surface area contributed by atoms with Crippen LogP contribution in [0.25, 0.3) is 0 Å². The number of furan rings is 1. The highest BCUT2D eigenvalue weighted by Gasteiger charge is 2.15. The van der Waals surface area contributed by atoms with Crippen LogP contribution in [0.15, 0.2) is 76.2 Å². The zero-order valence-corrected chi connectivity index (χ0v) is 15.0. The number of rotatable bonds is 7. The first-order valence-electron chi connectivity index (χ1n) is 8.09. The first-order valence-corrected chi connectivity index (χ1v) is 9.58. The predicted molar refractivity (Wildman–Crippen MR) is 97.9 cm³/mol. The Labute approximate surface area is 156 Å². The molecule has 3 rings (SSSR count). The molecular formula is C19H17FN2O4S. The lowest BCUT2D eigenvalue weighted by Crippen LogP contribution is -2.23. The van der Waals surface area contributed by atoms with Crippen LogP contribution in [0.1, 0.15) is 11.3 Å². The van der Waals surface area contributed by atoms with Gasteiger partial charge in [-0.25, -0.2) is 17.5 Å². The zero-order chi connectivity index (χ0) is 19.3. The molecule has 0 saturated carbocycles. The fraction of sp³-hybridized carbons (Fsp3) is 0.105. The Kier molecular flexibility index (Phi) is 5.68. The summed E-state index contributed by atoms with van der Waals surface area (Å²) in [6.45, 7) is 0.0382. The molecule has 8 heteroatoms. The fourth-order valence-corrected chi connectivity index (χ4v) is 3.39. The molecule has 0 aliphatic heterocycles. The first-order chi connectivity index (χ1) is 12.9. The predicted octanol–water partition coefficient (Wildman–Crippen LogP) is 3.08. The van der Waals surface area contributed by atoms with E-state index in [1.807, 2.05) is 0 Å². The van der Waals surface area contributed by atoms with Crippen molar-refractivity contribution in [3.05, 3.63) is 84.1 Å². The number of hydrogen-bond acceptors (Lipinski definition) is 4. The normalized spacial score (nSPS) is 11.3. The molecule has 2 aromatic carbocycles. The molecule has 0 aliphatic carbocycles. The Morgan fingerprint density at radius 2 is 1.74 bits per heavy atom. The summed E-state index contributed by atoms with van der Waals surface area (Å²) < 4.78 is 45.6. The van der Waals surface area contributed by atoms with Gasteiger partial charge in [-0.3, -0.25) is 4.79 Å². The van der Waals surface area contributed by atoms with Crippen molar-refractivity contribution in [2.45, 2.75) is 17.9 Å². The minimum Gasteiger partial charge on any atom is -0.468 e. The van der Waals surface area contributed by atoms with Crippen molar-refractivity contribution in [3.8, 4) is 0 Å². The maximum atomic E-state index is 13.6. The molecule has 0 saturated heterocycles. The number of nitrogens with one attached hydrogen (secondary N) is 2. The highest BCUT2D eigenvalue weighted by Crippen LogP contribution is 2.15. The van der Waals surface area contributed by atoms with Crippen molar-refractivity contribution >= 4 is 21.6 Å². The Morgan fingerprint density at radius 1 is 1.00 bits per heavy atom. The van der Waals surface area contributed by atoms with Crippen LogP contribution in [-0.2, 0) is 27.8 Å². The van der Waals surface area contributed by atoms with E-state index in [1.165, 1.54) is 42.7 Å².